The first-order valence-electron chi connectivity index (χ1n) is 4.63. The number of rotatable bonds is 2. The second-order valence-electron chi connectivity index (χ2n) is 3.21. The third kappa shape index (κ3) is 1.89. The molecule has 0 fully saturated rings. The zero-order chi connectivity index (χ0) is 10.8. The van der Waals surface area contributed by atoms with Gasteiger partial charge in [0.15, 0.2) is 5.76 Å². The lowest BCUT2D eigenvalue weighted by molar-refractivity contribution is 0.509. The van der Waals surface area contributed by atoms with Crippen LogP contribution in [0.1, 0.15) is 11.6 Å². The van der Waals surface area contributed by atoms with Gasteiger partial charge in [-0.25, -0.2) is 4.98 Å². The van der Waals surface area contributed by atoms with Gasteiger partial charge in [-0.1, -0.05) is 23.7 Å². The molecule has 0 aliphatic rings. The molecule has 0 atom stereocenters. The van der Waals surface area contributed by atoms with E-state index in [1.165, 1.54) is 0 Å². The predicted molar refractivity (Wildman–Crippen MR) is 59.6 cm³/mol. The molecule has 78 valence electrons. The highest BCUT2D eigenvalue weighted by Gasteiger charge is 2.12. The predicted octanol–water partition coefficient (Wildman–Crippen LogP) is 2.76. The van der Waals surface area contributed by atoms with Crippen molar-refractivity contribution in [2.75, 3.05) is 0 Å². The topological polar surface area (TPSA) is 52.0 Å². The summed E-state index contributed by atoms with van der Waals surface area (Å²) in [4.78, 5) is 4.20. The van der Waals surface area contributed by atoms with Crippen molar-refractivity contribution in [1.82, 2.24) is 4.98 Å². The number of aromatic nitrogens is 1. The van der Waals surface area contributed by atoms with Gasteiger partial charge in [-0.2, -0.15) is 0 Å². The van der Waals surface area contributed by atoms with Crippen LogP contribution in [-0.4, -0.2) is 4.98 Å². The summed E-state index contributed by atoms with van der Waals surface area (Å²) in [7, 11) is 0. The molecule has 2 N–H and O–H groups in total. The molecule has 0 aliphatic heterocycles. The Bertz CT molecular complexity index is 479. The summed E-state index contributed by atoms with van der Waals surface area (Å²) in [6.45, 7) is 2.17. The van der Waals surface area contributed by atoms with Gasteiger partial charge in [0.2, 0.25) is 5.89 Å². The van der Waals surface area contributed by atoms with Gasteiger partial charge in [-0.15, -0.1) is 0 Å². The lowest BCUT2D eigenvalue weighted by Crippen LogP contribution is -1.95. The highest BCUT2D eigenvalue weighted by molar-refractivity contribution is 6.33. The van der Waals surface area contributed by atoms with Crippen LogP contribution >= 0.6 is 11.6 Å². The van der Waals surface area contributed by atoms with Crippen molar-refractivity contribution in [3.8, 4) is 11.3 Å². The first kappa shape index (κ1) is 10.2. The Morgan fingerprint density at radius 2 is 2.13 bits per heavy atom. The summed E-state index contributed by atoms with van der Waals surface area (Å²) in [5.74, 6) is 1.23. The molecule has 0 radical (unpaired) electrons. The van der Waals surface area contributed by atoms with Crippen LogP contribution in [0.4, 0.5) is 0 Å². The van der Waals surface area contributed by atoms with E-state index in [0.29, 0.717) is 23.2 Å². The summed E-state index contributed by atoms with van der Waals surface area (Å²) in [6.07, 6.45) is 0. The first-order chi connectivity index (χ1) is 7.22. The SMILES string of the molecule is Cc1nc(CN)oc1-c1ccccc1Cl. The average molecular weight is 223 g/mol. The second-order valence-corrected chi connectivity index (χ2v) is 3.61. The molecular formula is C11H11ClN2O. The number of oxazole rings is 1. The van der Waals surface area contributed by atoms with E-state index in [0.717, 1.165) is 11.3 Å². The molecular weight excluding hydrogens is 212 g/mol. The molecule has 1 heterocycles. The van der Waals surface area contributed by atoms with Crippen LogP contribution < -0.4 is 5.73 Å². The Morgan fingerprint density at radius 3 is 2.73 bits per heavy atom. The molecule has 3 nitrogen and oxygen atoms in total. The molecule has 1 aromatic heterocycles. The van der Waals surface area contributed by atoms with E-state index in [1.807, 2.05) is 31.2 Å². The minimum absolute atomic E-state index is 0.297. The molecule has 0 spiro atoms. The van der Waals surface area contributed by atoms with Crippen LogP contribution in [0, 0.1) is 6.92 Å². The van der Waals surface area contributed by atoms with Gasteiger partial charge in [0, 0.05) is 5.56 Å². The van der Waals surface area contributed by atoms with Crippen molar-refractivity contribution in [2.45, 2.75) is 13.5 Å². The molecule has 0 unspecified atom stereocenters. The molecule has 0 saturated carbocycles. The normalized spacial score (nSPS) is 10.6. The highest BCUT2D eigenvalue weighted by Crippen LogP contribution is 2.30. The zero-order valence-electron chi connectivity index (χ0n) is 8.33. The van der Waals surface area contributed by atoms with Crippen molar-refractivity contribution in [3.05, 3.63) is 40.9 Å². The van der Waals surface area contributed by atoms with E-state index in [9.17, 15) is 0 Å². The van der Waals surface area contributed by atoms with Crippen LogP contribution in [0.3, 0.4) is 0 Å². The van der Waals surface area contributed by atoms with Crippen molar-refractivity contribution in [3.63, 3.8) is 0 Å². The van der Waals surface area contributed by atoms with Gasteiger partial charge in [-0.05, 0) is 19.1 Å². The van der Waals surface area contributed by atoms with E-state index in [2.05, 4.69) is 4.98 Å². The van der Waals surface area contributed by atoms with Crippen LogP contribution in [0.15, 0.2) is 28.7 Å². The Labute approximate surface area is 92.9 Å². The molecule has 0 amide bonds. The molecule has 2 rings (SSSR count). The van der Waals surface area contributed by atoms with E-state index in [1.54, 1.807) is 0 Å². The molecule has 1 aromatic carbocycles. The van der Waals surface area contributed by atoms with E-state index in [4.69, 9.17) is 21.8 Å². The van der Waals surface area contributed by atoms with Crippen molar-refractivity contribution in [1.29, 1.82) is 0 Å². The van der Waals surface area contributed by atoms with Gasteiger partial charge in [0.05, 0.1) is 17.3 Å². The van der Waals surface area contributed by atoms with Crippen LogP contribution in [-0.2, 0) is 6.54 Å². The zero-order valence-corrected chi connectivity index (χ0v) is 9.08. The minimum Gasteiger partial charge on any atom is -0.439 e. The monoisotopic (exact) mass is 222 g/mol. The van der Waals surface area contributed by atoms with Crippen molar-refractivity contribution in [2.24, 2.45) is 5.73 Å². The maximum Gasteiger partial charge on any atom is 0.208 e. The molecule has 2 aromatic rings. The first-order valence-corrected chi connectivity index (χ1v) is 5.01. The highest BCUT2D eigenvalue weighted by atomic mass is 35.5. The fourth-order valence-corrected chi connectivity index (χ4v) is 1.66. The number of nitrogens with two attached hydrogens (primary N) is 1. The van der Waals surface area contributed by atoms with E-state index >= 15 is 0 Å². The lowest BCUT2D eigenvalue weighted by atomic mass is 10.1. The smallest absolute Gasteiger partial charge is 0.208 e. The Balaban J connectivity index is 2.54. The van der Waals surface area contributed by atoms with Gasteiger partial charge < -0.3 is 10.2 Å². The minimum atomic E-state index is 0.297. The molecule has 15 heavy (non-hydrogen) atoms. The average Bonchev–Trinajstić information content (AvgIpc) is 2.60. The molecule has 4 heteroatoms. The van der Waals surface area contributed by atoms with Crippen LogP contribution in [0.25, 0.3) is 11.3 Å². The lowest BCUT2D eigenvalue weighted by Gasteiger charge is -1.99. The van der Waals surface area contributed by atoms with E-state index in [-0.39, 0.29) is 0 Å². The number of hydrogen-bond acceptors (Lipinski definition) is 3. The maximum absolute atomic E-state index is 6.06. The summed E-state index contributed by atoms with van der Waals surface area (Å²) >= 11 is 6.06. The van der Waals surface area contributed by atoms with Gasteiger partial charge in [0.1, 0.15) is 0 Å². The Morgan fingerprint density at radius 1 is 1.40 bits per heavy atom. The number of hydrogen-bond donors (Lipinski definition) is 1. The third-order valence-corrected chi connectivity index (χ3v) is 2.46. The fourth-order valence-electron chi connectivity index (χ4n) is 1.43. The number of nitrogens with zero attached hydrogens (tertiary/aromatic N) is 1. The molecule has 0 bridgehead atoms. The number of benzene rings is 1. The van der Waals surface area contributed by atoms with Gasteiger partial charge in [-0.3, -0.25) is 0 Å². The quantitative estimate of drug-likeness (QED) is 0.850. The Kier molecular flexibility index (Phi) is 2.75. The fraction of sp³-hybridized carbons (Fsp3) is 0.182. The van der Waals surface area contributed by atoms with Crippen LogP contribution in [0.5, 0.6) is 0 Å². The van der Waals surface area contributed by atoms with E-state index < -0.39 is 0 Å². The third-order valence-electron chi connectivity index (χ3n) is 2.13. The standard InChI is InChI=1S/C11H11ClN2O/c1-7-11(15-10(6-13)14-7)8-4-2-3-5-9(8)12/h2-5H,6,13H2,1H3. The maximum atomic E-state index is 6.06. The molecule has 0 aliphatic carbocycles. The molecule has 0 saturated heterocycles. The largest absolute Gasteiger partial charge is 0.439 e. The number of halogens is 1. The van der Waals surface area contributed by atoms with Crippen LogP contribution in [0.2, 0.25) is 5.02 Å². The summed E-state index contributed by atoms with van der Waals surface area (Å²) in [5.41, 5.74) is 7.12. The van der Waals surface area contributed by atoms with Gasteiger partial charge in [0.25, 0.3) is 0 Å². The Hall–Kier alpha value is -1.32. The summed E-state index contributed by atoms with van der Waals surface area (Å²) in [5, 5.41) is 0.653. The summed E-state index contributed by atoms with van der Waals surface area (Å²) in [6, 6.07) is 7.50. The van der Waals surface area contributed by atoms with Crippen molar-refractivity contribution < 1.29 is 4.42 Å². The number of aryl methyl sites for hydroxylation is 1. The van der Waals surface area contributed by atoms with Gasteiger partial charge >= 0.3 is 0 Å². The van der Waals surface area contributed by atoms with Crippen molar-refractivity contribution >= 4 is 11.6 Å². The second kappa shape index (κ2) is 4.04. The summed E-state index contributed by atoms with van der Waals surface area (Å²) < 4.78 is 5.51.